The molecule has 0 N–H and O–H groups in total. The molecule has 0 aromatic heterocycles. The van der Waals surface area contributed by atoms with Crippen LogP contribution in [0.3, 0.4) is 0 Å². The number of allylic oxidation sites excluding steroid dienone is 28. The van der Waals surface area contributed by atoms with Crippen LogP contribution in [0.25, 0.3) is 0 Å². The molecule has 0 saturated carbocycles. The normalized spacial score (nSPS) is 13.3. The molecular formula is C76H120O6. The van der Waals surface area contributed by atoms with Crippen molar-refractivity contribution in [2.24, 2.45) is 0 Å². The first kappa shape index (κ1) is 76.8. The maximum Gasteiger partial charge on any atom is 0.306 e. The molecule has 0 aliphatic carbocycles. The van der Waals surface area contributed by atoms with Gasteiger partial charge in [0.1, 0.15) is 13.2 Å². The summed E-state index contributed by atoms with van der Waals surface area (Å²) >= 11 is 0. The molecule has 0 rings (SSSR count). The average Bonchev–Trinajstić information content (AvgIpc) is 3.48. The van der Waals surface area contributed by atoms with Crippen molar-refractivity contribution in [3.05, 3.63) is 170 Å². The molecule has 0 radical (unpaired) electrons. The summed E-state index contributed by atoms with van der Waals surface area (Å²) in [6.45, 7) is 6.34. The smallest absolute Gasteiger partial charge is 0.306 e. The topological polar surface area (TPSA) is 78.9 Å². The number of ether oxygens (including phenoxy) is 3. The van der Waals surface area contributed by atoms with Crippen molar-refractivity contribution in [3.8, 4) is 0 Å². The Morgan fingerprint density at radius 1 is 0.256 bits per heavy atom. The number of carbonyl (C=O) groups excluding carboxylic acids is 3. The van der Waals surface area contributed by atoms with E-state index in [1.165, 1.54) is 83.5 Å². The van der Waals surface area contributed by atoms with Crippen LogP contribution < -0.4 is 0 Å². The lowest BCUT2D eigenvalue weighted by Gasteiger charge is -2.18. The van der Waals surface area contributed by atoms with Crippen molar-refractivity contribution in [2.45, 2.75) is 277 Å². The van der Waals surface area contributed by atoms with Crippen molar-refractivity contribution in [1.29, 1.82) is 0 Å². The molecule has 0 bridgehead atoms. The van der Waals surface area contributed by atoms with Gasteiger partial charge in [-0.2, -0.15) is 0 Å². The molecule has 0 aromatic carbocycles. The van der Waals surface area contributed by atoms with Crippen LogP contribution in [0.2, 0.25) is 0 Å². The summed E-state index contributed by atoms with van der Waals surface area (Å²) < 4.78 is 16.9. The zero-order valence-electron chi connectivity index (χ0n) is 52.7. The number of hydrogen-bond acceptors (Lipinski definition) is 6. The van der Waals surface area contributed by atoms with Gasteiger partial charge in [-0.25, -0.2) is 0 Å². The second-order valence-electron chi connectivity index (χ2n) is 21.3. The monoisotopic (exact) mass is 1130 g/mol. The molecule has 0 heterocycles. The van der Waals surface area contributed by atoms with Gasteiger partial charge >= 0.3 is 17.9 Å². The lowest BCUT2D eigenvalue weighted by molar-refractivity contribution is -0.167. The third-order valence-corrected chi connectivity index (χ3v) is 13.5. The van der Waals surface area contributed by atoms with Gasteiger partial charge in [-0.3, -0.25) is 14.4 Å². The average molecular weight is 1130 g/mol. The van der Waals surface area contributed by atoms with E-state index in [9.17, 15) is 14.4 Å². The Balaban J connectivity index is 4.48. The van der Waals surface area contributed by atoms with E-state index < -0.39 is 6.10 Å². The second kappa shape index (κ2) is 68.3. The second-order valence-corrected chi connectivity index (χ2v) is 21.3. The van der Waals surface area contributed by atoms with Crippen molar-refractivity contribution >= 4 is 17.9 Å². The number of unbranched alkanes of at least 4 members (excludes halogenated alkanes) is 19. The summed E-state index contributed by atoms with van der Waals surface area (Å²) in [5.41, 5.74) is 0. The third kappa shape index (κ3) is 65.6. The van der Waals surface area contributed by atoms with E-state index in [1.807, 2.05) is 0 Å². The summed E-state index contributed by atoms with van der Waals surface area (Å²) in [5.74, 6) is -1.01. The molecule has 0 aliphatic heterocycles. The molecule has 460 valence electrons. The van der Waals surface area contributed by atoms with Gasteiger partial charge in [0.2, 0.25) is 0 Å². The van der Waals surface area contributed by atoms with Gasteiger partial charge in [-0.05, 0) is 128 Å². The molecule has 1 atom stereocenters. The Morgan fingerprint density at radius 2 is 0.488 bits per heavy atom. The maximum absolute atomic E-state index is 12.9. The Labute approximate surface area is 504 Å². The molecular weight excluding hydrogens is 1010 g/mol. The van der Waals surface area contributed by atoms with E-state index in [1.54, 1.807) is 0 Å². The number of carbonyl (C=O) groups is 3. The van der Waals surface area contributed by atoms with Crippen LogP contribution in [0.1, 0.15) is 271 Å². The van der Waals surface area contributed by atoms with Crippen LogP contribution in [0.5, 0.6) is 0 Å². The molecule has 0 aromatic rings. The van der Waals surface area contributed by atoms with Crippen molar-refractivity contribution in [1.82, 2.24) is 0 Å². The fraction of sp³-hybridized carbons (Fsp3) is 0.592. The lowest BCUT2D eigenvalue weighted by Crippen LogP contribution is -2.30. The first-order valence-electron chi connectivity index (χ1n) is 33.1. The predicted octanol–water partition coefficient (Wildman–Crippen LogP) is 23.0. The Hall–Kier alpha value is -5.23. The number of esters is 3. The fourth-order valence-corrected chi connectivity index (χ4v) is 8.59. The van der Waals surface area contributed by atoms with E-state index in [0.29, 0.717) is 19.3 Å². The van der Waals surface area contributed by atoms with E-state index in [4.69, 9.17) is 14.2 Å². The standard InChI is InChI=1S/C76H120O6/c1-4-7-10-13-16-19-22-25-28-31-32-33-34-35-36-37-38-39-40-41-42-43-44-46-48-51-54-57-60-63-66-69-75(78)81-72-73(71-80-74(77)68-65-62-59-56-53-50-47-30-27-24-21-18-15-12-9-6-3)82-76(79)70-67-64-61-58-55-52-49-45-29-26-23-20-17-14-11-8-5-2/h7-8,10-11,16-17,19-20,25-26,28-29,32-33,35-36,38-39,41-42,44,46,49,51-52,54,58,61,73H,4-6,9,12-15,18,21-24,27,30-31,34,37,40,43,45,47-48,50,53,55-57,59-60,62-72H2,1-3H3/b10-7-,11-8-,19-16-,20-17-,28-25-,29-26-,33-32-,36-35-,39-38-,42-41-,46-44-,52-49-,54-51-,61-58-. The van der Waals surface area contributed by atoms with Gasteiger partial charge in [-0.1, -0.05) is 294 Å². The van der Waals surface area contributed by atoms with Crippen molar-refractivity contribution in [3.63, 3.8) is 0 Å². The quantitative estimate of drug-likeness (QED) is 0.0261. The summed E-state index contributed by atoms with van der Waals surface area (Å²) in [6, 6.07) is 0. The maximum atomic E-state index is 12.9. The lowest BCUT2D eigenvalue weighted by atomic mass is 10.0. The molecule has 0 fully saturated rings. The molecule has 0 aliphatic rings. The molecule has 0 saturated heterocycles. The highest BCUT2D eigenvalue weighted by Gasteiger charge is 2.19. The molecule has 82 heavy (non-hydrogen) atoms. The first-order valence-corrected chi connectivity index (χ1v) is 33.1. The largest absolute Gasteiger partial charge is 0.462 e. The van der Waals surface area contributed by atoms with Gasteiger partial charge in [0.15, 0.2) is 6.10 Å². The van der Waals surface area contributed by atoms with E-state index in [2.05, 4.69) is 191 Å². The molecule has 6 heteroatoms. The molecule has 6 nitrogen and oxygen atoms in total. The third-order valence-electron chi connectivity index (χ3n) is 13.5. The SMILES string of the molecule is CC/C=C\C/C=C\C/C=C\C/C=C\C/C=C\C/C=C\C/C=C\C/C=C\C/C=C\CCCCCC(=O)OCC(COC(=O)CCCCCCCCCCCCCCCCCC)OC(=O)CCC/C=C\C/C=C\C/C=C\C/C=C\C/C=C\CC. The van der Waals surface area contributed by atoms with Crippen LogP contribution in [-0.2, 0) is 28.6 Å². The summed E-state index contributed by atoms with van der Waals surface area (Å²) in [7, 11) is 0. The summed E-state index contributed by atoms with van der Waals surface area (Å²) in [5, 5.41) is 0. The highest BCUT2D eigenvalue weighted by Crippen LogP contribution is 2.15. The summed E-state index contributed by atoms with van der Waals surface area (Å²) in [6.07, 6.45) is 101. The van der Waals surface area contributed by atoms with Crippen LogP contribution in [-0.4, -0.2) is 37.2 Å². The van der Waals surface area contributed by atoms with Crippen LogP contribution in [0, 0.1) is 0 Å². The van der Waals surface area contributed by atoms with Crippen LogP contribution >= 0.6 is 0 Å². The van der Waals surface area contributed by atoms with Gasteiger partial charge in [0.05, 0.1) is 0 Å². The Morgan fingerprint density at radius 3 is 0.780 bits per heavy atom. The molecule has 0 spiro atoms. The first-order chi connectivity index (χ1) is 40.5. The van der Waals surface area contributed by atoms with Crippen LogP contribution in [0.4, 0.5) is 0 Å². The van der Waals surface area contributed by atoms with E-state index in [-0.39, 0.29) is 37.5 Å². The van der Waals surface area contributed by atoms with Gasteiger partial charge in [-0.15, -0.1) is 0 Å². The zero-order valence-corrected chi connectivity index (χ0v) is 52.7. The molecule has 0 amide bonds. The highest BCUT2D eigenvalue weighted by atomic mass is 16.6. The molecule has 1 unspecified atom stereocenters. The van der Waals surface area contributed by atoms with Crippen molar-refractivity contribution in [2.75, 3.05) is 13.2 Å². The van der Waals surface area contributed by atoms with Gasteiger partial charge < -0.3 is 14.2 Å². The highest BCUT2D eigenvalue weighted by molar-refractivity contribution is 5.71. The minimum absolute atomic E-state index is 0.116. The van der Waals surface area contributed by atoms with E-state index >= 15 is 0 Å². The Bertz CT molecular complexity index is 1870. The van der Waals surface area contributed by atoms with E-state index in [0.717, 1.165) is 141 Å². The minimum atomic E-state index is -0.830. The minimum Gasteiger partial charge on any atom is -0.462 e. The predicted molar refractivity (Wildman–Crippen MR) is 357 cm³/mol. The van der Waals surface area contributed by atoms with Crippen molar-refractivity contribution < 1.29 is 28.6 Å². The van der Waals surface area contributed by atoms with Crippen LogP contribution in [0.15, 0.2) is 170 Å². The van der Waals surface area contributed by atoms with Gasteiger partial charge in [0, 0.05) is 19.3 Å². The summed E-state index contributed by atoms with van der Waals surface area (Å²) in [4.78, 5) is 38.3. The number of hydrogen-bond donors (Lipinski definition) is 0. The Kier molecular flexibility index (Phi) is 63.9. The zero-order chi connectivity index (χ0) is 59.2. The fourth-order valence-electron chi connectivity index (χ4n) is 8.59. The van der Waals surface area contributed by atoms with Gasteiger partial charge in [0.25, 0.3) is 0 Å². The number of rotatable bonds is 58.